The predicted molar refractivity (Wildman–Crippen MR) is 57.0 cm³/mol. The third-order valence-corrected chi connectivity index (χ3v) is 2.75. The maximum Gasteiger partial charge on any atom is 0.207 e. The quantitative estimate of drug-likeness (QED) is 0.762. The second-order valence-electron chi connectivity index (χ2n) is 4.09. The Labute approximate surface area is 88.3 Å². The summed E-state index contributed by atoms with van der Waals surface area (Å²) in [7, 11) is 0. The summed E-state index contributed by atoms with van der Waals surface area (Å²) < 4.78 is 13.6. The zero-order valence-corrected chi connectivity index (χ0v) is 8.78. The van der Waals surface area contributed by atoms with Crippen LogP contribution in [0.3, 0.4) is 0 Å². The summed E-state index contributed by atoms with van der Waals surface area (Å²) in [5, 5.41) is 0. The van der Waals surface area contributed by atoms with E-state index in [-0.39, 0.29) is 5.82 Å². The largest absolute Gasteiger partial charge is 0.381 e. The van der Waals surface area contributed by atoms with Gasteiger partial charge in [0.25, 0.3) is 0 Å². The number of halogens is 1. The molecule has 1 aliphatic heterocycles. The van der Waals surface area contributed by atoms with Gasteiger partial charge in [-0.25, -0.2) is 9.97 Å². The SMILES string of the molecule is CC1CCCN(c2ncnc(N)c2F)C1. The third kappa shape index (κ3) is 2.00. The van der Waals surface area contributed by atoms with E-state index >= 15 is 0 Å². The highest BCUT2D eigenvalue weighted by atomic mass is 19.1. The molecule has 0 spiro atoms. The van der Waals surface area contributed by atoms with Gasteiger partial charge in [0.15, 0.2) is 11.6 Å². The molecule has 2 rings (SSSR count). The Morgan fingerprint density at radius 3 is 3.07 bits per heavy atom. The minimum absolute atomic E-state index is 0.0711. The molecular weight excluding hydrogens is 195 g/mol. The molecule has 4 nitrogen and oxygen atoms in total. The van der Waals surface area contributed by atoms with Crippen molar-refractivity contribution < 1.29 is 4.39 Å². The van der Waals surface area contributed by atoms with Crippen molar-refractivity contribution in [2.75, 3.05) is 23.7 Å². The van der Waals surface area contributed by atoms with Gasteiger partial charge in [0.05, 0.1) is 0 Å². The van der Waals surface area contributed by atoms with Gasteiger partial charge in [0, 0.05) is 13.1 Å². The maximum atomic E-state index is 13.6. The van der Waals surface area contributed by atoms with E-state index in [0.29, 0.717) is 11.7 Å². The highest BCUT2D eigenvalue weighted by Gasteiger charge is 2.21. The number of rotatable bonds is 1. The van der Waals surface area contributed by atoms with Gasteiger partial charge in [0.1, 0.15) is 6.33 Å². The lowest BCUT2D eigenvalue weighted by molar-refractivity contribution is 0.439. The number of nitrogen functional groups attached to an aromatic ring is 1. The Morgan fingerprint density at radius 2 is 2.33 bits per heavy atom. The fraction of sp³-hybridized carbons (Fsp3) is 0.600. The lowest BCUT2D eigenvalue weighted by Gasteiger charge is -2.31. The smallest absolute Gasteiger partial charge is 0.207 e. The molecule has 1 saturated heterocycles. The molecule has 1 aromatic heterocycles. The average molecular weight is 210 g/mol. The van der Waals surface area contributed by atoms with Crippen LogP contribution in [0.1, 0.15) is 19.8 Å². The summed E-state index contributed by atoms with van der Waals surface area (Å²) in [4.78, 5) is 9.52. The van der Waals surface area contributed by atoms with Gasteiger partial charge in [0.2, 0.25) is 5.82 Å². The Morgan fingerprint density at radius 1 is 1.53 bits per heavy atom. The molecule has 0 bridgehead atoms. The van der Waals surface area contributed by atoms with Crippen LogP contribution in [0.2, 0.25) is 0 Å². The summed E-state index contributed by atoms with van der Waals surface area (Å²) in [6.07, 6.45) is 3.58. The first-order valence-corrected chi connectivity index (χ1v) is 5.19. The molecular formula is C10H15FN4. The molecule has 1 fully saturated rings. The summed E-state index contributed by atoms with van der Waals surface area (Å²) >= 11 is 0. The highest BCUT2D eigenvalue weighted by molar-refractivity contribution is 5.48. The molecule has 0 amide bonds. The number of piperidine rings is 1. The molecule has 0 saturated carbocycles. The molecule has 1 aliphatic rings. The minimum atomic E-state index is -0.494. The van der Waals surface area contributed by atoms with Gasteiger partial charge < -0.3 is 10.6 Å². The summed E-state index contributed by atoms with van der Waals surface area (Å²) in [6.45, 7) is 3.85. The second-order valence-corrected chi connectivity index (χ2v) is 4.09. The van der Waals surface area contributed by atoms with E-state index in [4.69, 9.17) is 5.73 Å². The van der Waals surface area contributed by atoms with Crippen LogP contribution in [0.5, 0.6) is 0 Å². The molecule has 1 aromatic rings. The number of nitrogens with two attached hydrogens (primary N) is 1. The van der Waals surface area contributed by atoms with Gasteiger partial charge in [-0.15, -0.1) is 0 Å². The van der Waals surface area contributed by atoms with Crippen molar-refractivity contribution >= 4 is 11.6 Å². The van der Waals surface area contributed by atoms with Crippen LogP contribution in [0, 0.1) is 11.7 Å². The van der Waals surface area contributed by atoms with E-state index in [2.05, 4.69) is 16.9 Å². The summed E-state index contributed by atoms with van der Waals surface area (Å²) in [5.41, 5.74) is 5.41. The highest BCUT2D eigenvalue weighted by Crippen LogP contribution is 2.24. The normalized spacial score (nSPS) is 21.7. The summed E-state index contributed by atoms with van der Waals surface area (Å²) in [5.74, 6) is 0.355. The predicted octanol–water partition coefficient (Wildman–Crippen LogP) is 1.43. The van der Waals surface area contributed by atoms with Crippen LogP contribution in [0.4, 0.5) is 16.0 Å². The van der Waals surface area contributed by atoms with Crippen LogP contribution < -0.4 is 10.6 Å². The Kier molecular flexibility index (Phi) is 2.70. The van der Waals surface area contributed by atoms with Crippen molar-refractivity contribution in [3.8, 4) is 0 Å². The Bertz CT molecular complexity index is 355. The van der Waals surface area contributed by atoms with Gasteiger partial charge in [-0.2, -0.15) is 4.39 Å². The standard InChI is InChI=1S/C10H15FN4/c1-7-3-2-4-15(5-7)10-8(11)9(12)13-6-14-10/h6-7H,2-5H2,1H3,(H2,12,13,14). The fourth-order valence-corrected chi connectivity index (χ4v) is 1.98. The van der Waals surface area contributed by atoms with E-state index in [0.717, 1.165) is 19.5 Å². The summed E-state index contributed by atoms with van der Waals surface area (Å²) in [6, 6.07) is 0. The third-order valence-electron chi connectivity index (χ3n) is 2.75. The van der Waals surface area contributed by atoms with E-state index in [1.165, 1.54) is 12.7 Å². The van der Waals surface area contributed by atoms with E-state index in [1.807, 2.05) is 4.90 Å². The van der Waals surface area contributed by atoms with Crippen molar-refractivity contribution in [3.05, 3.63) is 12.1 Å². The number of hydrogen-bond acceptors (Lipinski definition) is 4. The molecule has 0 radical (unpaired) electrons. The van der Waals surface area contributed by atoms with Crippen LogP contribution >= 0.6 is 0 Å². The molecule has 5 heteroatoms. The van der Waals surface area contributed by atoms with Crippen LogP contribution in [0.15, 0.2) is 6.33 Å². The van der Waals surface area contributed by atoms with Gasteiger partial charge in [-0.05, 0) is 18.8 Å². The first kappa shape index (κ1) is 10.1. The number of anilines is 2. The van der Waals surface area contributed by atoms with E-state index < -0.39 is 5.82 Å². The van der Waals surface area contributed by atoms with Crippen molar-refractivity contribution in [2.45, 2.75) is 19.8 Å². The molecule has 82 valence electrons. The topological polar surface area (TPSA) is 55.0 Å². The monoisotopic (exact) mass is 210 g/mol. The Balaban J connectivity index is 2.24. The molecule has 1 unspecified atom stereocenters. The van der Waals surface area contributed by atoms with Gasteiger partial charge >= 0.3 is 0 Å². The first-order valence-electron chi connectivity index (χ1n) is 5.19. The molecule has 0 aliphatic carbocycles. The number of hydrogen-bond donors (Lipinski definition) is 1. The van der Waals surface area contributed by atoms with E-state index in [9.17, 15) is 4.39 Å². The second kappa shape index (κ2) is 4.00. The lowest BCUT2D eigenvalue weighted by Crippen LogP contribution is -2.35. The van der Waals surface area contributed by atoms with E-state index in [1.54, 1.807) is 0 Å². The number of aromatic nitrogens is 2. The molecule has 2 N–H and O–H groups in total. The van der Waals surface area contributed by atoms with Crippen molar-refractivity contribution in [2.24, 2.45) is 5.92 Å². The Hall–Kier alpha value is -1.39. The minimum Gasteiger partial charge on any atom is -0.381 e. The van der Waals surface area contributed by atoms with Crippen molar-refractivity contribution in [3.63, 3.8) is 0 Å². The maximum absolute atomic E-state index is 13.6. The lowest BCUT2D eigenvalue weighted by atomic mass is 10.0. The zero-order chi connectivity index (χ0) is 10.8. The molecule has 1 atom stereocenters. The van der Waals surface area contributed by atoms with Crippen LogP contribution in [0.25, 0.3) is 0 Å². The molecule has 2 heterocycles. The zero-order valence-electron chi connectivity index (χ0n) is 8.78. The average Bonchev–Trinajstić information content (AvgIpc) is 2.22. The van der Waals surface area contributed by atoms with Gasteiger partial charge in [-0.1, -0.05) is 6.92 Å². The van der Waals surface area contributed by atoms with Crippen molar-refractivity contribution in [1.82, 2.24) is 9.97 Å². The van der Waals surface area contributed by atoms with Crippen molar-refractivity contribution in [1.29, 1.82) is 0 Å². The fourth-order valence-electron chi connectivity index (χ4n) is 1.98. The molecule has 15 heavy (non-hydrogen) atoms. The number of nitrogens with zero attached hydrogens (tertiary/aromatic N) is 3. The van der Waals surface area contributed by atoms with Gasteiger partial charge in [-0.3, -0.25) is 0 Å². The first-order chi connectivity index (χ1) is 7.18. The van der Waals surface area contributed by atoms with Crippen LogP contribution in [-0.2, 0) is 0 Å². The molecule has 0 aromatic carbocycles. The van der Waals surface area contributed by atoms with Crippen LogP contribution in [-0.4, -0.2) is 23.1 Å².